The molecule has 1 amide bonds. The van der Waals surface area contributed by atoms with Crippen LogP contribution in [0, 0.1) is 44.8 Å². The van der Waals surface area contributed by atoms with Gasteiger partial charge in [-0.2, -0.15) is 0 Å². The van der Waals surface area contributed by atoms with Crippen molar-refractivity contribution in [2.24, 2.45) is 49.9 Å². The minimum Gasteiger partial charge on any atom is -0.361 e. The van der Waals surface area contributed by atoms with Crippen LogP contribution < -0.4 is 0 Å². The molecule has 37 heavy (non-hydrogen) atoms. The molecular weight excluding hydrogens is 464 g/mol. The van der Waals surface area contributed by atoms with Crippen molar-refractivity contribution in [3.63, 3.8) is 0 Å². The largest absolute Gasteiger partial charge is 0.361 e. The molecule has 7 heteroatoms. The number of carbonyl (C=O) groups excluding carboxylic acids is 2. The van der Waals surface area contributed by atoms with Crippen LogP contribution in [-0.2, 0) is 16.0 Å². The van der Waals surface area contributed by atoms with Crippen LogP contribution in [0.25, 0.3) is 10.4 Å². The number of hydrogen-bond donors (Lipinski definition) is 0. The molecule has 0 radical (unpaired) electrons. The molecule has 0 aromatic carbocycles. The first kappa shape index (κ1) is 24.9. The predicted octanol–water partition coefficient (Wildman–Crippen LogP) is 7.33. The molecule has 0 aliphatic heterocycles. The summed E-state index contributed by atoms with van der Waals surface area (Å²) >= 11 is 0. The van der Waals surface area contributed by atoms with Crippen LogP contribution in [0.3, 0.4) is 0 Å². The molecule has 1 unspecified atom stereocenters. The van der Waals surface area contributed by atoms with Gasteiger partial charge in [0.15, 0.2) is 5.78 Å². The number of ketones is 1. The molecule has 3 fully saturated rings. The Morgan fingerprint density at radius 1 is 1.11 bits per heavy atom. The van der Waals surface area contributed by atoms with E-state index in [1.807, 2.05) is 12.3 Å². The molecule has 8 atom stereocenters. The zero-order valence-electron chi connectivity index (χ0n) is 23.1. The lowest BCUT2D eigenvalue weighted by molar-refractivity contribution is -0.176. The summed E-state index contributed by atoms with van der Waals surface area (Å²) in [4.78, 5) is 30.7. The SMILES string of the molecule is C[C@H]1c2oncc2C[C@]2(C)C3=CC(=O)[C@@H]4[C@@H]5CC(C)(C)CC[C@]5(C(=O)N=[N+]=[N-])CC[C@@]4(C)[C@]3(C)CCC12. The number of rotatable bonds is 1. The Bertz CT molecular complexity index is 1270. The van der Waals surface area contributed by atoms with Gasteiger partial charge in [-0.1, -0.05) is 52.3 Å². The van der Waals surface area contributed by atoms with Gasteiger partial charge in [0.25, 0.3) is 0 Å². The van der Waals surface area contributed by atoms with Gasteiger partial charge in [0.05, 0.1) is 6.20 Å². The van der Waals surface area contributed by atoms with Crippen LogP contribution in [-0.4, -0.2) is 16.8 Å². The van der Waals surface area contributed by atoms with E-state index in [4.69, 9.17) is 10.1 Å². The summed E-state index contributed by atoms with van der Waals surface area (Å²) in [5.41, 5.74) is 10.4. The zero-order chi connectivity index (χ0) is 26.6. The van der Waals surface area contributed by atoms with E-state index >= 15 is 0 Å². The minimum atomic E-state index is -0.721. The van der Waals surface area contributed by atoms with Crippen LogP contribution in [0.4, 0.5) is 0 Å². The third kappa shape index (κ3) is 3.01. The molecular formula is C30H40N4O3. The van der Waals surface area contributed by atoms with E-state index in [1.54, 1.807) is 0 Å². The average molecular weight is 505 g/mol. The lowest BCUT2D eigenvalue weighted by Crippen LogP contribution is -2.65. The van der Waals surface area contributed by atoms with E-state index in [-0.39, 0.29) is 51.1 Å². The maximum atomic E-state index is 14.4. The van der Waals surface area contributed by atoms with Gasteiger partial charge < -0.3 is 4.52 Å². The third-order valence-electron chi connectivity index (χ3n) is 12.6. The van der Waals surface area contributed by atoms with Gasteiger partial charge in [0.1, 0.15) is 5.76 Å². The van der Waals surface area contributed by atoms with Gasteiger partial charge >= 0.3 is 0 Å². The van der Waals surface area contributed by atoms with Crippen LogP contribution in [0.15, 0.2) is 27.5 Å². The maximum absolute atomic E-state index is 14.4. The topological polar surface area (TPSA) is 109 Å². The molecule has 0 spiro atoms. The number of carbonyl (C=O) groups is 2. The molecule has 1 aromatic rings. The molecule has 1 aromatic heterocycles. The molecule has 198 valence electrons. The molecule has 5 aliphatic rings. The summed E-state index contributed by atoms with van der Waals surface area (Å²) in [7, 11) is 0. The van der Waals surface area contributed by atoms with Gasteiger partial charge in [-0.05, 0) is 102 Å². The fraction of sp³-hybridized carbons (Fsp3) is 0.767. The van der Waals surface area contributed by atoms with Gasteiger partial charge in [0, 0.05) is 27.7 Å². The second-order valence-corrected chi connectivity index (χ2v) is 14.6. The highest BCUT2D eigenvalue weighted by molar-refractivity contribution is 5.96. The van der Waals surface area contributed by atoms with Gasteiger partial charge in [0.2, 0.25) is 5.91 Å². The fourth-order valence-corrected chi connectivity index (χ4v) is 10.4. The maximum Gasteiger partial charge on any atom is 0.225 e. The summed E-state index contributed by atoms with van der Waals surface area (Å²) in [5.74, 6) is 1.19. The van der Waals surface area contributed by atoms with Crippen molar-refractivity contribution in [1.82, 2.24) is 5.16 Å². The second kappa shape index (κ2) is 7.59. The molecule has 6 rings (SSSR count). The van der Waals surface area contributed by atoms with Crippen LogP contribution >= 0.6 is 0 Å². The third-order valence-corrected chi connectivity index (χ3v) is 12.6. The van der Waals surface area contributed by atoms with Crippen molar-refractivity contribution in [2.45, 2.75) is 98.8 Å². The summed E-state index contributed by atoms with van der Waals surface area (Å²) < 4.78 is 5.68. The summed E-state index contributed by atoms with van der Waals surface area (Å²) in [6.07, 6.45) is 10.8. The van der Waals surface area contributed by atoms with Crippen molar-refractivity contribution < 1.29 is 14.1 Å². The normalized spacial score (nSPS) is 45.7. The monoisotopic (exact) mass is 504 g/mol. The molecule has 7 nitrogen and oxygen atoms in total. The number of amides is 1. The van der Waals surface area contributed by atoms with Crippen molar-refractivity contribution >= 4 is 11.7 Å². The highest BCUT2D eigenvalue weighted by atomic mass is 16.5. The van der Waals surface area contributed by atoms with Crippen molar-refractivity contribution in [3.05, 3.63) is 39.6 Å². The number of nitrogens with zero attached hydrogens (tertiary/aromatic N) is 4. The van der Waals surface area contributed by atoms with E-state index in [9.17, 15) is 9.59 Å². The number of aromatic nitrogens is 1. The van der Waals surface area contributed by atoms with Crippen LogP contribution in [0.5, 0.6) is 0 Å². The lowest BCUT2D eigenvalue weighted by Gasteiger charge is -2.68. The molecule has 0 bridgehead atoms. The van der Waals surface area contributed by atoms with E-state index in [0.717, 1.165) is 44.3 Å². The van der Waals surface area contributed by atoms with Crippen LogP contribution in [0.1, 0.15) is 104 Å². The fourth-order valence-electron chi connectivity index (χ4n) is 10.4. The molecule has 1 heterocycles. The summed E-state index contributed by atoms with van der Waals surface area (Å²) in [5, 5.41) is 7.77. The van der Waals surface area contributed by atoms with E-state index < -0.39 is 5.41 Å². The Labute approximate surface area is 219 Å². The van der Waals surface area contributed by atoms with E-state index in [2.05, 4.69) is 56.7 Å². The summed E-state index contributed by atoms with van der Waals surface area (Å²) in [6.45, 7) is 13.9. The standard InChI is InChI=1S/C30H40N4O3/c1-17-19-7-8-28(5)22(27(19,4)14-18-16-32-37-24(17)18)13-21(35)23-20-15-26(2,3)9-11-30(20,25(36)33-34-31)12-10-29(23,28)6/h13,16-17,19-20,23H,7-12,14-15H2,1-6H3/t17-,19?,20+,23+,27+,28-,29-,30+/m1/s1. The smallest absolute Gasteiger partial charge is 0.225 e. The van der Waals surface area contributed by atoms with Crippen molar-refractivity contribution in [2.75, 3.05) is 0 Å². The highest BCUT2D eigenvalue weighted by Gasteiger charge is 2.70. The average Bonchev–Trinajstić information content (AvgIpc) is 3.28. The minimum absolute atomic E-state index is 0.0430. The Hall–Kier alpha value is -2.40. The number of allylic oxidation sites excluding steroid dienone is 2. The Kier molecular flexibility index (Phi) is 5.11. The van der Waals surface area contributed by atoms with Crippen molar-refractivity contribution in [1.29, 1.82) is 0 Å². The molecule has 0 N–H and O–H groups in total. The number of fused-ring (bicyclic) bond motifs is 8. The predicted molar refractivity (Wildman–Crippen MR) is 139 cm³/mol. The van der Waals surface area contributed by atoms with E-state index in [1.165, 1.54) is 11.1 Å². The first-order chi connectivity index (χ1) is 17.3. The highest BCUT2D eigenvalue weighted by Crippen LogP contribution is 2.74. The first-order valence-corrected chi connectivity index (χ1v) is 14.1. The summed E-state index contributed by atoms with van der Waals surface area (Å²) in [6, 6.07) is 0. The second-order valence-electron chi connectivity index (χ2n) is 14.6. The lowest BCUT2D eigenvalue weighted by atomic mass is 9.34. The van der Waals surface area contributed by atoms with Gasteiger partial charge in [-0.25, -0.2) is 0 Å². The van der Waals surface area contributed by atoms with Crippen LogP contribution in [0.2, 0.25) is 0 Å². The zero-order valence-corrected chi connectivity index (χ0v) is 23.1. The van der Waals surface area contributed by atoms with Gasteiger partial charge in [-0.3, -0.25) is 9.59 Å². The Morgan fingerprint density at radius 3 is 2.57 bits per heavy atom. The molecule has 0 saturated heterocycles. The number of hydrogen-bond acceptors (Lipinski definition) is 4. The first-order valence-electron chi connectivity index (χ1n) is 14.1. The molecule has 5 aliphatic carbocycles. The Morgan fingerprint density at radius 2 is 1.84 bits per heavy atom. The number of azide groups is 1. The van der Waals surface area contributed by atoms with Gasteiger partial charge in [-0.15, -0.1) is 0 Å². The van der Waals surface area contributed by atoms with E-state index in [0.29, 0.717) is 18.8 Å². The molecule has 3 saturated carbocycles. The Balaban J connectivity index is 1.50. The van der Waals surface area contributed by atoms with Crippen molar-refractivity contribution in [3.8, 4) is 0 Å². The quantitative estimate of drug-likeness (QED) is 0.226.